The van der Waals surface area contributed by atoms with Gasteiger partial charge in [0.15, 0.2) is 0 Å². The number of hydrogen-bond acceptors (Lipinski definition) is 2. The number of nitrogens with zero attached hydrogens (tertiary/aromatic N) is 2. The topological polar surface area (TPSA) is 40.6 Å². The van der Waals surface area contributed by atoms with Crippen molar-refractivity contribution in [2.45, 2.75) is 19.3 Å². The number of halogens is 1. The number of carbonyl (C=O) groups excluding carboxylic acids is 2. The normalized spacial score (nSPS) is 19.1. The Morgan fingerprint density at radius 2 is 1.88 bits per heavy atom. The minimum Gasteiger partial charge on any atom is -0.342 e. The summed E-state index contributed by atoms with van der Waals surface area (Å²) in [6.45, 7) is 1.54. The van der Waals surface area contributed by atoms with Gasteiger partial charge in [0.25, 0.3) is 0 Å². The minimum atomic E-state index is -0.311. The van der Waals surface area contributed by atoms with Crippen LogP contribution in [0.25, 0.3) is 0 Å². The van der Waals surface area contributed by atoms with Crippen molar-refractivity contribution in [1.82, 2.24) is 4.90 Å². The van der Waals surface area contributed by atoms with Crippen molar-refractivity contribution >= 4 is 17.5 Å². The van der Waals surface area contributed by atoms with Crippen LogP contribution < -0.4 is 4.90 Å². The summed E-state index contributed by atoms with van der Waals surface area (Å²) in [4.78, 5) is 28.7. The number of carbonyl (C=O) groups is 2. The molecule has 4 rings (SSSR count). The van der Waals surface area contributed by atoms with Crippen LogP contribution in [-0.4, -0.2) is 36.3 Å². The van der Waals surface area contributed by atoms with Crippen LogP contribution in [0.15, 0.2) is 48.5 Å². The van der Waals surface area contributed by atoms with E-state index in [1.165, 1.54) is 11.6 Å². The molecule has 2 aromatic carbocycles. The number of anilines is 1. The number of fused-ring (bicyclic) bond motifs is 1. The van der Waals surface area contributed by atoms with Gasteiger partial charge in [0.05, 0.1) is 5.92 Å². The molecule has 5 heteroatoms. The van der Waals surface area contributed by atoms with E-state index >= 15 is 0 Å². The second-order valence-electron chi connectivity index (χ2n) is 6.95. The van der Waals surface area contributed by atoms with Gasteiger partial charge in [-0.2, -0.15) is 0 Å². The number of rotatable bonds is 4. The van der Waals surface area contributed by atoms with Crippen molar-refractivity contribution in [1.29, 1.82) is 0 Å². The van der Waals surface area contributed by atoms with Gasteiger partial charge >= 0.3 is 0 Å². The Morgan fingerprint density at radius 3 is 2.73 bits per heavy atom. The average molecular weight is 352 g/mol. The van der Waals surface area contributed by atoms with Gasteiger partial charge in [0, 0.05) is 31.7 Å². The Balaban J connectivity index is 1.40. The van der Waals surface area contributed by atoms with E-state index in [0.29, 0.717) is 31.6 Å². The third kappa shape index (κ3) is 3.09. The highest BCUT2D eigenvalue weighted by Gasteiger charge is 2.38. The molecule has 0 saturated carbocycles. The molecule has 2 amide bonds. The molecule has 1 saturated heterocycles. The van der Waals surface area contributed by atoms with Crippen LogP contribution >= 0.6 is 0 Å². The van der Waals surface area contributed by atoms with Crippen molar-refractivity contribution in [3.63, 3.8) is 0 Å². The van der Waals surface area contributed by atoms with E-state index in [2.05, 4.69) is 0 Å². The summed E-state index contributed by atoms with van der Waals surface area (Å²) in [7, 11) is 0. The maximum atomic E-state index is 13.7. The van der Waals surface area contributed by atoms with Crippen LogP contribution in [0.2, 0.25) is 0 Å². The molecule has 1 atom stereocenters. The van der Waals surface area contributed by atoms with Gasteiger partial charge in [-0.05, 0) is 36.1 Å². The smallest absolute Gasteiger partial charge is 0.232 e. The molecule has 134 valence electrons. The van der Waals surface area contributed by atoms with E-state index < -0.39 is 0 Å². The predicted molar refractivity (Wildman–Crippen MR) is 97.3 cm³/mol. The van der Waals surface area contributed by atoms with E-state index in [1.54, 1.807) is 23.1 Å². The number of likely N-dealkylation sites (tertiary alicyclic amines) is 1. The van der Waals surface area contributed by atoms with Gasteiger partial charge in [-0.3, -0.25) is 9.59 Å². The molecule has 2 heterocycles. The summed E-state index contributed by atoms with van der Waals surface area (Å²) >= 11 is 0. The van der Waals surface area contributed by atoms with Gasteiger partial charge in [0.1, 0.15) is 5.82 Å². The minimum absolute atomic E-state index is 0.0211. The summed E-state index contributed by atoms with van der Waals surface area (Å²) in [6, 6.07) is 14.5. The Hall–Kier alpha value is -2.69. The zero-order valence-electron chi connectivity index (χ0n) is 14.5. The molecule has 1 unspecified atom stereocenters. The van der Waals surface area contributed by atoms with Crippen molar-refractivity contribution in [3.8, 4) is 0 Å². The molecule has 2 aliphatic rings. The largest absolute Gasteiger partial charge is 0.342 e. The Bertz CT molecular complexity index is 851. The number of hydrogen-bond donors (Lipinski definition) is 0. The first kappa shape index (κ1) is 16.8. The van der Waals surface area contributed by atoms with E-state index in [1.807, 2.05) is 29.2 Å². The van der Waals surface area contributed by atoms with Gasteiger partial charge < -0.3 is 9.80 Å². The molecular weight excluding hydrogens is 331 g/mol. The zero-order chi connectivity index (χ0) is 18.1. The molecule has 0 aliphatic carbocycles. The highest BCUT2D eigenvalue weighted by molar-refractivity contribution is 6.00. The van der Waals surface area contributed by atoms with Crippen molar-refractivity contribution in [2.75, 3.05) is 24.5 Å². The molecule has 2 aliphatic heterocycles. The Morgan fingerprint density at radius 1 is 1.12 bits per heavy atom. The van der Waals surface area contributed by atoms with Crippen molar-refractivity contribution < 1.29 is 14.0 Å². The predicted octanol–water partition coefficient (Wildman–Crippen LogP) is 2.81. The molecule has 0 N–H and O–H groups in total. The lowest BCUT2D eigenvalue weighted by Crippen LogP contribution is -2.36. The summed E-state index contributed by atoms with van der Waals surface area (Å²) < 4.78 is 13.7. The van der Waals surface area contributed by atoms with Crippen molar-refractivity contribution in [3.05, 3.63) is 65.5 Å². The van der Waals surface area contributed by atoms with E-state index in [4.69, 9.17) is 0 Å². The lowest BCUT2D eigenvalue weighted by Gasteiger charge is -2.21. The number of para-hydroxylation sites is 1. The van der Waals surface area contributed by atoms with Crippen LogP contribution in [0.1, 0.15) is 17.5 Å². The van der Waals surface area contributed by atoms with E-state index in [0.717, 1.165) is 12.1 Å². The molecule has 0 radical (unpaired) electrons. The Kier molecular flexibility index (Phi) is 4.45. The molecule has 1 fully saturated rings. The quantitative estimate of drug-likeness (QED) is 0.849. The van der Waals surface area contributed by atoms with Crippen LogP contribution in [0.5, 0.6) is 0 Å². The molecule has 26 heavy (non-hydrogen) atoms. The maximum Gasteiger partial charge on any atom is 0.232 e. The van der Waals surface area contributed by atoms with Gasteiger partial charge in [0.2, 0.25) is 11.8 Å². The summed E-state index contributed by atoms with van der Waals surface area (Å²) in [5, 5.41) is 0. The maximum absolute atomic E-state index is 13.7. The van der Waals surface area contributed by atoms with Crippen LogP contribution in [0.4, 0.5) is 10.1 Å². The SMILES string of the molecule is O=C1CC(C(=O)N2CCc3ccccc32)CN1CCc1ccccc1F. The third-order valence-electron chi connectivity index (χ3n) is 5.33. The van der Waals surface area contributed by atoms with Gasteiger partial charge in [-0.1, -0.05) is 36.4 Å². The standard InChI is InChI=1S/C21H21FN2O2/c22-18-7-3-1-5-15(18)9-11-23-14-17(13-20(23)25)21(26)24-12-10-16-6-2-4-8-19(16)24/h1-8,17H,9-14H2. The van der Waals surface area contributed by atoms with Gasteiger partial charge in [-0.25, -0.2) is 4.39 Å². The van der Waals surface area contributed by atoms with Crippen LogP contribution in [0, 0.1) is 11.7 Å². The lowest BCUT2D eigenvalue weighted by atomic mass is 10.1. The van der Waals surface area contributed by atoms with E-state index in [-0.39, 0.29) is 30.0 Å². The molecule has 4 nitrogen and oxygen atoms in total. The summed E-state index contributed by atoms with van der Waals surface area (Å²) in [6.07, 6.45) is 1.57. The van der Waals surface area contributed by atoms with Crippen molar-refractivity contribution in [2.24, 2.45) is 5.92 Å². The molecule has 0 spiro atoms. The van der Waals surface area contributed by atoms with Gasteiger partial charge in [-0.15, -0.1) is 0 Å². The zero-order valence-corrected chi connectivity index (χ0v) is 14.5. The molecule has 2 aromatic rings. The fourth-order valence-electron chi connectivity index (χ4n) is 3.90. The second kappa shape index (κ2) is 6.90. The molecule has 0 aromatic heterocycles. The lowest BCUT2D eigenvalue weighted by molar-refractivity contribution is -0.128. The third-order valence-corrected chi connectivity index (χ3v) is 5.33. The molecular formula is C21H21FN2O2. The number of benzene rings is 2. The summed E-state index contributed by atoms with van der Waals surface area (Å²) in [5.41, 5.74) is 2.75. The fourth-order valence-corrected chi connectivity index (χ4v) is 3.90. The summed E-state index contributed by atoms with van der Waals surface area (Å²) in [5.74, 6) is -0.557. The van der Waals surface area contributed by atoms with Crippen LogP contribution in [0.3, 0.4) is 0 Å². The molecule has 0 bridgehead atoms. The first-order chi connectivity index (χ1) is 12.6. The fraction of sp³-hybridized carbons (Fsp3) is 0.333. The monoisotopic (exact) mass is 352 g/mol. The first-order valence-corrected chi connectivity index (χ1v) is 9.04. The highest BCUT2D eigenvalue weighted by atomic mass is 19.1. The first-order valence-electron chi connectivity index (χ1n) is 9.04. The highest BCUT2D eigenvalue weighted by Crippen LogP contribution is 2.31. The average Bonchev–Trinajstić information content (AvgIpc) is 3.24. The van der Waals surface area contributed by atoms with Crippen LogP contribution in [-0.2, 0) is 22.4 Å². The Labute approximate surface area is 152 Å². The second-order valence-corrected chi connectivity index (χ2v) is 6.95. The number of amides is 2. The van der Waals surface area contributed by atoms with E-state index in [9.17, 15) is 14.0 Å².